The molecular weight excluding hydrogens is 284 g/mol. The number of nitrogens with one attached hydrogen (secondary N) is 1. The SMILES string of the molecule is CS(=O)(=O)N1CC(COc2ccc3oc(=O)[nH]c3c2)C1. The Labute approximate surface area is 115 Å². The highest BCUT2D eigenvalue weighted by molar-refractivity contribution is 7.88. The Bertz CT molecular complexity index is 786. The predicted octanol–water partition coefficient (Wildman–Crippen LogP) is 0.391. The number of aromatic amines is 1. The van der Waals surface area contributed by atoms with Crippen molar-refractivity contribution in [2.45, 2.75) is 0 Å². The summed E-state index contributed by atoms with van der Waals surface area (Å²) in [4.78, 5) is 13.6. The lowest BCUT2D eigenvalue weighted by Crippen LogP contribution is -2.51. The van der Waals surface area contributed by atoms with Crippen molar-refractivity contribution >= 4 is 21.1 Å². The van der Waals surface area contributed by atoms with Gasteiger partial charge in [-0.3, -0.25) is 4.98 Å². The minimum Gasteiger partial charge on any atom is -0.493 e. The van der Waals surface area contributed by atoms with Gasteiger partial charge < -0.3 is 9.15 Å². The fourth-order valence-corrected chi connectivity index (χ4v) is 3.10. The number of nitrogens with zero attached hydrogens (tertiary/aromatic N) is 1. The summed E-state index contributed by atoms with van der Waals surface area (Å²) in [5.74, 6) is 0.316. The van der Waals surface area contributed by atoms with Gasteiger partial charge in [0.15, 0.2) is 5.58 Å². The molecule has 20 heavy (non-hydrogen) atoms. The first-order chi connectivity index (χ1) is 9.41. The molecule has 1 aromatic heterocycles. The number of rotatable bonds is 4. The Morgan fingerprint density at radius 2 is 2.20 bits per heavy atom. The van der Waals surface area contributed by atoms with Crippen LogP contribution in [-0.2, 0) is 10.0 Å². The minimum atomic E-state index is -3.08. The molecule has 1 N–H and O–H groups in total. The fourth-order valence-electron chi connectivity index (χ4n) is 2.13. The largest absolute Gasteiger partial charge is 0.493 e. The van der Waals surface area contributed by atoms with Gasteiger partial charge in [-0.2, -0.15) is 0 Å². The molecule has 108 valence electrons. The van der Waals surface area contributed by atoms with Crippen LogP contribution in [0.1, 0.15) is 0 Å². The van der Waals surface area contributed by atoms with Crippen LogP contribution < -0.4 is 10.5 Å². The molecule has 0 radical (unpaired) electrons. The minimum absolute atomic E-state index is 0.198. The van der Waals surface area contributed by atoms with Gasteiger partial charge in [-0.25, -0.2) is 17.5 Å². The van der Waals surface area contributed by atoms with Gasteiger partial charge in [0, 0.05) is 25.1 Å². The second-order valence-corrected chi connectivity index (χ2v) is 6.91. The van der Waals surface area contributed by atoms with E-state index in [1.807, 2.05) is 0 Å². The normalized spacial score (nSPS) is 17.2. The lowest BCUT2D eigenvalue weighted by atomic mass is 10.1. The van der Waals surface area contributed by atoms with Crippen molar-refractivity contribution in [2.75, 3.05) is 26.0 Å². The average molecular weight is 298 g/mol. The van der Waals surface area contributed by atoms with Gasteiger partial charge in [-0.05, 0) is 12.1 Å². The van der Waals surface area contributed by atoms with E-state index >= 15 is 0 Å². The molecule has 1 aliphatic rings. The van der Waals surface area contributed by atoms with Gasteiger partial charge in [0.05, 0.1) is 18.4 Å². The van der Waals surface area contributed by atoms with Crippen molar-refractivity contribution in [2.24, 2.45) is 5.92 Å². The van der Waals surface area contributed by atoms with Gasteiger partial charge in [-0.15, -0.1) is 0 Å². The van der Waals surface area contributed by atoms with E-state index in [1.54, 1.807) is 18.2 Å². The monoisotopic (exact) mass is 298 g/mol. The van der Waals surface area contributed by atoms with Gasteiger partial charge >= 0.3 is 5.76 Å². The van der Waals surface area contributed by atoms with Crippen molar-refractivity contribution in [3.63, 3.8) is 0 Å². The number of aromatic nitrogens is 1. The quantitative estimate of drug-likeness (QED) is 0.881. The summed E-state index contributed by atoms with van der Waals surface area (Å²) in [5, 5.41) is 0. The molecule has 0 atom stereocenters. The fraction of sp³-hybridized carbons (Fsp3) is 0.417. The number of H-pyrrole nitrogens is 1. The molecule has 0 unspecified atom stereocenters. The highest BCUT2D eigenvalue weighted by Crippen LogP contribution is 2.22. The van der Waals surface area contributed by atoms with Crippen LogP contribution in [0.25, 0.3) is 11.1 Å². The number of sulfonamides is 1. The summed E-state index contributed by atoms with van der Waals surface area (Å²) in [5.41, 5.74) is 1.06. The predicted molar refractivity (Wildman–Crippen MR) is 72.2 cm³/mol. The van der Waals surface area contributed by atoms with Crippen LogP contribution in [0.5, 0.6) is 5.75 Å². The van der Waals surface area contributed by atoms with Crippen LogP contribution in [0.4, 0.5) is 0 Å². The summed E-state index contributed by atoms with van der Waals surface area (Å²) >= 11 is 0. The molecule has 7 nitrogen and oxygen atoms in total. The first kappa shape index (κ1) is 13.2. The Kier molecular flexibility index (Phi) is 3.06. The average Bonchev–Trinajstić information content (AvgIpc) is 2.64. The van der Waals surface area contributed by atoms with E-state index in [-0.39, 0.29) is 5.92 Å². The third kappa shape index (κ3) is 2.56. The Hall–Kier alpha value is -1.80. The highest BCUT2D eigenvalue weighted by Gasteiger charge is 2.33. The van der Waals surface area contributed by atoms with Crippen LogP contribution >= 0.6 is 0 Å². The van der Waals surface area contributed by atoms with Crippen molar-refractivity contribution in [3.8, 4) is 5.75 Å². The number of oxazole rings is 1. The molecule has 1 aliphatic heterocycles. The maximum absolute atomic E-state index is 11.2. The maximum Gasteiger partial charge on any atom is 0.417 e. The van der Waals surface area contributed by atoms with Crippen molar-refractivity contribution in [1.29, 1.82) is 0 Å². The third-order valence-electron chi connectivity index (χ3n) is 3.27. The number of benzene rings is 1. The van der Waals surface area contributed by atoms with Crippen molar-refractivity contribution in [3.05, 3.63) is 28.7 Å². The summed E-state index contributed by atoms with van der Waals surface area (Å²) in [7, 11) is -3.08. The van der Waals surface area contributed by atoms with Crippen LogP contribution in [0.3, 0.4) is 0 Å². The molecule has 0 saturated carbocycles. The molecule has 0 bridgehead atoms. The smallest absolute Gasteiger partial charge is 0.417 e. The Morgan fingerprint density at radius 1 is 1.45 bits per heavy atom. The molecule has 1 saturated heterocycles. The molecule has 2 aromatic rings. The molecule has 1 aromatic carbocycles. The Balaban J connectivity index is 1.60. The van der Waals surface area contributed by atoms with Crippen LogP contribution in [0.2, 0.25) is 0 Å². The maximum atomic E-state index is 11.2. The van der Waals surface area contributed by atoms with Gasteiger partial charge in [-0.1, -0.05) is 0 Å². The van der Waals surface area contributed by atoms with Crippen LogP contribution in [0.15, 0.2) is 27.4 Å². The number of hydrogen-bond acceptors (Lipinski definition) is 5. The summed E-state index contributed by atoms with van der Waals surface area (Å²) in [6.07, 6.45) is 1.20. The molecule has 3 rings (SSSR count). The molecule has 0 spiro atoms. The van der Waals surface area contributed by atoms with E-state index in [0.717, 1.165) is 0 Å². The van der Waals surface area contributed by atoms with Crippen LogP contribution in [0, 0.1) is 5.92 Å². The third-order valence-corrected chi connectivity index (χ3v) is 4.50. The van der Waals surface area contributed by atoms with E-state index in [0.29, 0.717) is 36.5 Å². The number of fused-ring (bicyclic) bond motifs is 1. The zero-order valence-electron chi connectivity index (χ0n) is 10.8. The molecule has 2 heterocycles. The van der Waals surface area contributed by atoms with Gasteiger partial charge in [0.25, 0.3) is 0 Å². The summed E-state index contributed by atoms with van der Waals surface area (Å²) < 4.78 is 34.4. The number of ether oxygens (including phenoxy) is 1. The molecule has 1 fully saturated rings. The summed E-state index contributed by atoms with van der Waals surface area (Å²) in [6.45, 7) is 1.42. The van der Waals surface area contributed by atoms with Crippen molar-refractivity contribution < 1.29 is 17.6 Å². The van der Waals surface area contributed by atoms with E-state index < -0.39 is 15.8 Å². The molecular formula is C12H14N2O5S. The molecule has 0 amide bonds. The zero-order chi connectivity index (χ0) is 14.3. The van der Waals surface area contributed by atoms with Gasteiger partial charge in [0.1, 0.15) is 5.75 Å². The van der Waals surface area contributed by atoms with Crippen LogP contribution in [-0.4, -0.2) is 43.7 Å². The van der Waals surface area contributed by atoms with Crippen molar-refractivity contribution in [1.82, 2.24) is 9.29 Å². The first-order valence-electron chi connectivity index (χ1n) is 6.12. The van der Waals surface area contributed by atoms with E-state index in [2.05, 4.69) is 4.98 Å². The molecule has 0 aliphatic carbocycles. The summed E-state index contributed by atoms with van der Waals surface area (Å²) in [6, 6.07) is 5.06. The standard InChI is InChI=1S/C12H14N2O5S/c1-20(16,17)14-5-8(6-14)7-18-9-2-3-11-10(4-9)13-12(15)19-11/h2-4,8H,5-7H2,1H3,(H,13,15). The van der Waals surface area contributed by atoms with E-state index in [9.17, 15) is 13.2 Å². The molecule has 8 heteroatoms. The van der Waals surface area contributed by atoms with Gasteiger partial charge in [0.2, 0.25) is 10.0 Å². The first-order valence-corrected chi connectivity index (χ1v) is 7.97. The Morgan fingerprint density at radius 3 is 2.90 bits per heavy atom. The number of hydrogen-bond donors (Lipinski definition) is 1. The topological polar surface area (TPSA) is 92.6 Å². The zero-order valence-corrected chi connectivity index (χ0v) is 11.6. The lowest BCUT2D eigenvalue weighted by Gasteiger charge is -2.36. The second-order valence-electron chi connectivity index (χ2n) is 4.93. The highest BCUT2D eigenvalue weighted by atomic mass is 32.2. The van der Waals surface area contributed by atoms with E-state index in [1.165, 1.54) is 10.6 Å². The second kappa shape index (κ2) is 4.64. The lowest BCUT2D eigenvalue weighted by molar-refractivity contribution is 0.130. The van der Waals surface area contributed by atoms with E-state index in [4.69, 9.17) is 9.15 Å².